The number of benzene rings is 6. The number of hydrogen-bond acceptors (Lipinski definition) is 2. The second-order valence-corrected chi connectivity index (χ2v) is 20.3. The first-order valence-corrected chi connectivity index (χ1v) is 21.6. The maximum absolute atomic E-state index is 2.74. The maximum Gasteiger partial charge on any atom is 0.0989 e. The van der Waals surface area contributed by atoms with E-state index in [1.165, 1.54) is 84.3 Å². The fourth-order valence-electron chi connectivity index (χ4n) is 11.4. The van der Waals surface area contributed by atoms with E-state index in [0.29, 0.717) is 11.8 Å². The van der Waals surface area contributed by atoms with Gasteiger partial charge in [-0.2, -0.15) is 0 Å². The minimum absolute atomic E-state index is 0.0240. The van der Waals surface area contributed by atoms with Crippen molar-refractivity contribution in [3.05, 3.63) is 172 Å². The minimum Gasteiger partial charge on any atom is -0.353 e. The van der Waals surface area contributed by atoms with Gasteiger partial charge in [0.05, 0.1) is 6.04 Å². The number of nitrogens with zero attached hydrogens (tertiary/aromatic N) is 2. The van der Waals surface area contributed by atoms with Crippen LogP contribution in [0.4, 0.5) is 22.7 Å². The predicted molar refractivity (Wildman–Crippen MR) is 248 cm³/mol. The minimum atomic E-state index is -0.0968. The summed E-state index contributed by atoms with van der Waals surface area (Å²) in [6, 6.07) is 50.2. The van der Waals surface area contributed by atoms with Crippen LogP contribution < -0.4 is 9.80 Å². The highest BCUT2D eigenvalue weighted by Gasteiger charge is 2.53. The number of para-hydroxylation sites is 1. The van der Waals surface area contributed by atoms with Crippen LogP contribution in [-0.4, -0.2) is 5.54 Å². The molecule has 0 aromatic heterocycles. The predicted octanol–water partition coefficient (Wildman–Crippen LogP) is 15.6. The molecule has 1 fully saturated rings. The van der Waals surface area contributed by atoms with E-state index in [4.69, 9.17) is 0 Å². The lowest BCUT2D eigenvalue weighted by Gasteiger charge is -2.42. The number of fused-ring (bicyclic) bond motifs is 6. The van der Waals surface area contributed by atoms with Gasteiger partial charge in [-0.1, -0.05) is 160 Å². The summed E-state index contributed by atoms with van der Waals surface area (Å²) < 4.78 is 0. The third-order valence-electron chi connectivity index (χ3n) is 14.0. The van der Waals surface area contributed by atoms with Crippen molar-refractivity contribution in [3.63, 3.8) is 0 Å². The first-order valence-electron chi connectivity index (χ1n) is 21.6. The molecule has 1 saturated heterocycles. The molecule has 0 saturated carbocycles. The first-order chi connectivity index (χ1) is 27.4. The van der Waals surface area contributed by atoms with Crippen molar-refractivity contribution >= 4 is 22.7 Å². The van der Waals surface area contributed by atoms with Gasteiger partial charge in [0.25, 0.3) is 0 Å². The van der Waals surface area contributed by atoms with E-state index in [0.717, 1.165) is 12.1 Å². The highest BCUT2D eigenvalue weighted by molar-refractivity contribution is 5.89. The van der Waals surface area contributed by atoms with Crippen LogP contribution in [0.2, 0.25) is 0 Å². The molecular weight excluding hydrogens is 701 g/mol. The van der Waals surface area contributed by atoms with Gasteiger partial charge in [-0.25, -0.2) is 0 Å². The van der Waals surface area contributed by atoms with E-state index in [1.807, 2.05) is 0 Å². The molecule has 2 nitrogen and oxygen atoms in total. The molecule has 0 unspecified atom stereocenters. The van der Waals surface area contributed by atoms with Gasteiger partial charge in [0.2, 0.25) is 0 Å². The molecule has 58 heavy (non-hydrogen) atoms. The Morgan fingerprint density at radius 2 is 0.948 bits per heavy atom. The molecule has 0 bridgehead atoms. The first kappa shape index (κ1) is 38.4. The molecule has 1 heterocycles. The van der Waals surface area contributed by atoms with E-state index in [2.05, 4.69) is 220 Å². The van der Waals surface area contributed by atoms with Crippen molar-refractivity contribution in [2.75, 3.05) is 9.80 Å². The average molecular weight is 762 g/mol. The van der Waals surface area contributed by atoms with Crippen molar-refractivity contribution < 1.29 is 0 Å². The zero-order valence-electron chi connectivity index (χ0n) is 36.9. The summed E-state index contributed by atoms with van der Waals surface area (Å²) in [5.74, 6) is 0.834. The molecule has 6 aromatic rings. The SMILES string of the molecule is CC(C)c1cccc(C(C)C)c1N1[C](c2ccc(N(c3ccc4c(c3)-c3ccccc3C4(C)C)c3ccc4c(c3)C(C)(C)c3ccccc3-4)cc2)C(C)(C)CC1(C)C. The summed E-state index contributed by atoms with van der Waals surface area (Å²) in [5, 5.41) is 0. The highest BCUT2D eigenvalue weighted by atomic mass is 15.3. The van der Waals surface area contributed by atoms with Gasteiger partial charge in [-0.15, -0.1) is 0 Å². The summed E-state index contributed by atoms with van der Waals surface area (Å²) in [7, 11) is 0. The van der Waals surface area contributed by atoms with Crippen molar-refractivity contribution in [2.24, 2.45) is 5.41 Å². The summed E-state index contributed by atoms with van der Waals surface area (Å²) in [5.41, 5.74) is 19.8. The quantitative estimate of drug-likeness (QED) is 0.160. The zero-order chi connectivity index (χ0) is 41.1. The van der Waals surface area contributed by atoms with Gasteiger partial charge in [-0.3, -0.25) is 0 Å². The van der Waals surface area contributed by atoms with Crippen molar-refractivity contribution in [3.8, 4) is 22.3 Å². The van der Waals surface area contributed by atoms with E-state index in [1.54, 1.807) is 0 Å². The van der Waals surface area contributed by atoms with Gasteiger partial charge in [0, 0.05) is 39.1 Å². The Morgan fingerprint density at radius 3 is 1.55 bits per heavy atom. The summed E-state index contributed by atoms with van der Waals surface area (Å²) in [6.07, 6.45) is 1.08. The summed E-state index contributed by atoms with van der Waals surface area (Å²) in [6.45, 7) is 28.7. The Morgan fingerprint density at radius 1 is 0.466 bits per heavy atom. The van der Waals surface area contributed by atoms with Crippen LogP contribution >= 0.6 is 0 Å². The van der Waals surface area contributed by atoms with Crippen LogP contribution in [-0.2, 0) is 10.8 Å². The smallest absolute Gasteiger partial charge is 0.0989 e. The molecule has 295 valence electrons. The van der Waals surface area contributed by atoms with Gasteiger partial charge < -0.3 is 9.80 Å². The number of hydrogen-bond donors (Lipinski definition) is 0. The van der Waals surface area contributed by atoms with Gasteiger partial charge in [0.1, 0.15) is 0 Å². The number of anilines is 4. The van der Waals surface area contributed by atoms with Crippen LogP contribution in [0.15, 0.2) is 127 Å². The van der Waals surface area contributed by atoms with Gasteiger partial charge >= 0.3 is 0 Å². The standard InChI is InChI=1S/C56H61N2/c1-35(2)41-20-17-21-42(36(3)4)51(41)58-52(53(5,6)34-54(58,7)8)37-24-26-38(27-25-37)57(39-29-31-49-46(32-39)44-19-14-16-23-48(44)55(49,9)10)40-28-30-45-43-18-13-15-22-47(43)56(11,12)50(45)33-40/h13-33,35-36H,34H2,1-12H3. The molecule has 0 spiro atoms. The topological polar surface area (TPSA) is 6.48 Å². The Kier molecular flexibility index (Phi) is 8.76. The maximum atomic E-state index is 2.74. The van der Waals surface area contributed by atoms with Crippen LogP contribution in [0, 0.1) is 11.5 Å². The van der Waals surface area contributed by atoms with E-state index >= 15 is 0 Å². The van der Waals surface area contributed by atoms with E-state index < -0.39 is 0 Å². The zero-order valence-corrected chi connectivity index (χ0v) is 36.9. The summed E-state index contributed by atoms with van der Waals surface area (Å²) in [4.78, 5) is 5.23. The van der Waals surface area contributed by atoms with E-state index in [-0.39, 0.29) is 21.8 Å². The van der Waals surface area contributed by atoms with Crippen LogP contribution in [0.3, 0.4) is 0 Å². The lowest BCUT2D eigenvalue weighted by atomic mass is 9.78. The van der Waals surface area contributed by atoms with Gasteiger partial charge in [-0.05, 0) is 135 Å². The monoisotopic (exact) mass is 761 g/mol. The molecule has 0 atom stereocenters. The molecule has 2 aliphatic carbocycles. The van der Waals surface area contributed by atoms with E-state index in [9.17, 15) is 0 Å². The van der Waals surface area contributed by atoms with Crippen LogP contribution in [0.25, 0.3) is 22.3 Å². The van der Waals surface area contributed by atoms with Gasteiger partial charge in [0.15, 0.2) is 0 Å². The Bertz CT molecular complexity index is 2540. The fraction of sp³-hybridized carbons (Fsp3) is 0.339. The number of rotatable bonds is 7. The lowest BCUT2D eigenvalue weighted by Crippen LogP contribution is -2.42. The fourth-order valence-corrected chi connectivity index (χ4v) is 11.4. The van der Waals surface area contributed by atoms with Crippen LogP contribution in [0.5, 0.6) is 0 Å². The Balaban J connectivity index is 1.20. The second-order valence-electron chi connectivity index (χ2n) is 20.3. The average Bonchev–Trinajstić information content (AvgIpc) is 3.65. The lowest BCUT2D eigenvalue weighted by molar-refractivity contribution is 0.376. The molecule has 6 aromatic carbocycles. The third kappa shape index (κ3) is 5.72. The normalized spacial score (nSPS) is 18.0. The molecule has 0 amide bonds. The molecule has 1 aliphatic heterocycles. The summed E-state index contributed by atoms with van der Waals surface area (Å²) >= 11 is 0. The Hall–Kier alpha value is -5.08. The molecule has 9 rings (SSSR count). The van der Waals surface area contributed by atoms with Crippen molar-refractivity contribution in [2.45, 2.75) is 118 Å². The Labute approximate surface area is 349 Å². The molecule has 2 heteroatoms. The molecule has 3 aliphatic rings. The molecule has 0 N–H and O–H groups in total. The highest BCUT2D eigenvalue weighted by Crippen LogP contribution is 2.58. The molecular formula is C56H61N2. The van der Waals surface area contributed by atoms with Crippen molar-refractivity contribution in [1.29, 1.82) is 0 Å². The van der Waals surface area contributed by atoms with Crippen molar-refractivity contribution in [1.82, 2.24) is 0 Å². The molecule has 1 radical (unpaired) electrons. The largest absolute Gasteiger partial charge is 0.353 e. The van der Waals surface area contributed by atoms with Crippen LogP contribution in [0.1, 0.15) is 140 Å². The second kappa shape index (κ2) is 13.2. The third-order valence-corrected chi connectivity index (χ3v) is 14.0.